The Hall–Kier alpha value is -0.0500. The molecule has 1 atom stereocenters. The summed E-state index contributed by atoms with van der Waals surface area (Å²) < 4.78 is 11.2. The van der Waals surface area contributed by atoms with Gasteiger partial charge in [-0.3, -0.25) is 4.21 Å². The quantitative estimate of drug-likeness (QED) is 0.348. The third-order valence-corrected chi connectivity index (χ3v) is 3.29. The number of thiocarbonyl (C=S) groups is 1. The Morgan fingerprint density at radius 1 is 1.21 bits per heavy atom. The lowest BCUT2D eigenvalue weighted by atomic mass is 10.1. The topological polar surface area (TPSA) is 29.4 Å². The minimum atomic E-state index is -0.823. The molecule has 0 aromatic heterocycles. The van der Waals surface area contributed by atoms with Crippen molar-refractivity contribution < 1.29 is 4.21 Å². The van der Waals surface area contributed by atoms with Crippen LogP contribution in [0.1, 0.15) is 45.4 Å². The van der Waals surface area contributed by atoms with Crippen molar-refractivity contribution in [2.45, 2.75) is 45.4 Å². The van der Waals surface area contributed by atoms with E-state index in [1.165, 1.54) is 32.1 Å². The molecular weight excluding hydrogens is 214 g/mol. The van der Waals surface area contributed by atoms with Gasteiger partial charge in [0.15, 0.2) is 0 Å². The van der Waals surface area contributed by atoms with Gasteiger partial charge in [0.05, 0.1) is 5.16 Å². The predicted molar refractivity (Wildman–Crippen MR) is 66.3 cm³/mol. The fourth-order valence-electron chi connectivity index (χ4n) is 1.21. The number of hydrogen-bond acceptors (Lipinski definition) is 3. The summed E-state index contributed by atoms with van der Waals surface area (Å²) in [6, 6.07) is 0. The number of unbranched alkanes of at least 4 members (excludes halogenated alkanes) is 5. The van der Waals surface area contributed by atoms with Gasteiger partial charge in [0.1, 0.15) is 5.88 Å². The maximum Gasteiger partial charge on any atom is 0.124 e. The maximum absolute atomic E-state index is 11.2. The molecule has 0 amide bonds. The number of rotatable bonds is 9. The van der Waals surface area contributed by atoms with E-state index in [2.05, 4.69) is 29.3 Å². The molecule has 0 saturated carbocycles. The van der Waals surface area contributed by atoms with Crippen LogP contribution in [0, 0.1) is 0 Å². The second kappa shape index (κ2) is 11.0. The molecule has 4 heteroatoms. The van der Waals surface area contributed by atoms with E-state index in [0.29, 0.717) is 5.88 Å². The molecule has 0 saturated heterocycles. The van der Waals surface area contributed by atoms with E-state index in [4.69, 9.17) is 0 Å². The molecule has 0 aliphatic rings. The molecule has 0 radical (unpaired) electrons. The predicted octanol–water partition coefficient (Wildman–Crippen LogP) is 3.16. The van der Waals surface area contributed by atoms with Crippen molar-refractivity contribution in [3.05, 3.63) is 0 Å². The minimum absolute atomic E-state index is 0.332. The van der Waals surface area contributed by atoms with Crippen LogP contribution >= 0.6 is 12.2 Å². The van der Waals surface area contributed by atoms with Crippen LogP contribution < -0.4 is 0 Å². The van der Waals surface area contributed by atoms with Gasteiger partial charge in [-0.15, -0.1) is 0 Å². The second-order valence-electron chi connectivity index (χ2n) is 3.29. The van der Waals surface area contributed by atoms with Gasteiger partial charge in [0, 0.05) is 16.6 Å². The Morgan fingerprint density at radius 2 is 1.86 bits per heavy atom. The first-order valence-corrected chi connectivity index (χ1v) is 7.09. The van der Waals surface area contributed by atoms with E-state index < -0.39 is 10.8 Å². The molecule has 1 unspecified atom stereocenters. The highest BCUT2D eigenvalue weighted by atomic mass is 32.2. The van der Waals surface area contributed by atoms with Crippen LogP contribution in [0.5, 0.6) is 0 Å². The van der Waals surface area contributed by atoms with E-state index >= 15 is 0 Å². The van der Waals surface area contributed by atoms with Crippen molar-refractivity contribution in [1.82, 2.24) is 0 Å². The zero-order chi connectivity index (χ0) is 10.6. The molecule has 0 heterocycles. The van der Waals surface area contributed by atoms with Gasteiger partial charge in [0.2, 0.25) is 0 Å². The molecule has 82 valence electrons. The Bertz CT molecular complexity index is 200. The molecule has 0 aliphatic heterocycles. The smallest absolute Gasteiger partial charge is 0.124 e. The second-order valence-corrected chi connectivity index (χ2v) is 5.02. The number of aliphatic imine (C=N–C) groups is 1. The van der Waals surface area contributed by atoms with Crippen LogP contribution in [0.15, 0.2) is 4.99 Å². The Balaban J connectivity index is 3.18. The van der Waals surface area contributed by atoms with E-state index in [0.717, 1.165) is 12.2 Å². The fourth-order valence-corrected chi connectivity index (χ4v) is 2.22. The molecule has 0 spiro atoms. The monoisotopic (exact) mass is 233 g/mol. The summed E-state index contributed by atoms with van der Waals surface area (Å²) in [4.78, 5) is 3.66. The van der Waals surface area contributed by atoms with E-state index in [1.54, 1.807) is 0 Å². The third-order valence-electron chi connectivity index (χ3n) is 2.00. The third kappa shape index (κ3) is 10.0. The van der Waals surface area contributed by atoms with Crippen molar-refractivity contribution in [2.75, 3.05) is 11.6 Å². The molecule has 0 aromatic rings. The zero-order valence-electron chi connectivity index (χ0n) is 8.83. The Morgan fingerprint density at radius 3 is 2.50 bits per heavy atom. The normalized spacial score (nSPS) is 12.1. The molecule has 0 aliphatic carbocycles. The number of isothiocyanates is 1. The molecular formula is C10H19NOS2. The summed E-state index contributed by atoms with van der Waals surface area (Å²) in [5.74, 6) is 1.09. The molecule has 0 N–H and O–H groups in total. The zero-order valence-corrected chi connectivity index (χ0v) is 10.5. The first kappa shape index (κ1) is 13.9. The van der Waals surface area contributed by atoms with Crippen LogP contribution in [0.4, 0.5) is 0 Å². The van der Waals surface area contributed by atoms with Gasteiger partial charge in [-0.2, -0.15) is 0 Å². The van der Waals surface area contributed by atoms with Gasteiger partial charge in [0.25, 0.3) is 0 Å². The van der Waals surface area contributed by atoms with Crippen LogP contribution in [0.25, 0.3) is 0 Å². The first-order valence-electron chi connectivity index (χ1n) is 5.20. The average molecular weight is 233 g/mol. The SMILES string of the molecule is CCCCCCCCS(=O)CN=C=S. The van der Waals surface area contributed by atoms with Crippen molar-refractivity contribution in [1.29, 1.82) is 0 Å². The molecule has 2 nitrogen and oxygen atoms in total. The van der Waals surface area contributed by atoms with Crippen LogP contribution in [-0.4, -0.2) is 21.0 Å². The standard InChI is InChI=1S/C10H19NOS2/c1-2-3-4-5-6-7-8-14(12)10-11-9-13/h2-8,10H2,1H3. The fraction of sp³-hybridized carbons (Fsp3) is 0.900. The van der Waals surface area contributed by atoms with Crippen LogP contribution in [0.3, 0.4) is 0 Å². The summed E-state index contributed by atoms with van der Waals surface area (Å²) in [7, 11) is -0.823. The molecule has 0 fully saturated rings. The molecule has 0 rings (SSSR count). The highest BCUT2D eigenvalue weighted by molar-refractivity contribution is 7.85. The van der Waals surface area contributed by atoms with Crippen molar-refractivity contribution in [3.8, 4) is 0 Å². The molecule has 0 bridgehead atoms. The van der Waals surface area contributed by atoms with E-state index in [9.17, 15) is 4.21 Å². The lowest BCUT2D eigenvalue weighted by Gasteiger charge is -1.99. The maximum atomic E-state index is 11.2. The molecule has 0 aromatic carbocycles. The van der Waals surface area contributed by atoms with E-state index in [-0.39, 0.29) is 0 Å². The summed E-state index contributed by atoms with van der Waals surface area (Å²) in [6.07, 6.45) is 7.40. The van der Waals surface area contributed by atoms with Gasteiger partial charge >= 0.3 is 0 Å². The van der Waals surface area contributed by atoms with Gasteiger partial charge < -0.3 is 0 Å². The van der Waals surface area contributed by atoms with Gasteiger partial charge in [-0.05, 0) is 18.6 Å². The summed E-state index contributed by atoms with van der Waals surface area (Å²) in [5.41, 5.74) is 0. The van der Waals surface area contributed by atoms with Crippen molar-refractivity contribution in [2.24, 2.45) is 4.99 Å². The number of nitrogens with zero attached hydrogens (tertiary/aromatic N) is 1. The lowest BCUT2D eigenvalue weighted by Crippen LogP contribution is -2.00. The summed E-state index contributed by atoms with van der Waals surface area (Å²) in [5, 5.41) is 2.23. The van der Waals surface area contributed by atoms with Crippen LogP contribution in [0.2, 0.25) is 0 Å². The van der Waals surface area contributed by atoms with Gasteiger partial charge in [-0.25, -0.2) is 4.99 Å². The average Bonchev–Trinajstić information content (AvgIpc) is 2.20. The lowest BCUT2D eigenvalue weighted by molar-refractivity contribution is 0.622. The van der Waals surface area contributed by atoms with Crippen molar-refractivity contribution in [3.63, 3.8) is 0 Å². The highest BCUT2D eigenvalue weighted by Gasteiger charge is 1.97. The summed E-state index contributed by atoms with van der Waals surface area (Å²) in [6.45, 7) is 2.21. The van der Waals surface area contributed by atoms with E-state index in [1.807, 2.05) is 0 Å². The minimum Gasteiger partial charge on any atom is -0.258 e. The van der Waals surface area contributed by atoms with Crippen molar-refractivity contribution >= 4 is 28.2 Å². The largest absolute Gasteiger partial charge is 0.258 e. The summed E-state index contributed by atoms with van der Waals surface area (Å²) >= 11 is 4.40. The Kier molecular flexibility index (Phi) is 11.0. The van der Waals surface area contributed by atoms with Gasteiger partial charge in [-0.1, -0.05) is 39.0 Å². The first-order chi connectivity index (χ1) is 6.81. The Labute approximate surface area is 94.7 Å². The molecule has 14 heavy (non-hydrogen) atoms. The number of hydrogen-bond donors (Lipinski definition) is 0. The van der Waals surface area contributed by atoms with Crippen LogP contribution in [-0.2, 0) is 10.8 Å². The highest BCUT2D eigenvalue weighted by Crippen LogP contribution is 2.05.